The molecule has 19 heavy (non-hydrogen) atoms. The molecule has 0 saturated heterocycles. The highest BCUT2D eigenvalue weighted by Crippen LogP contribution is 2.28. The fourth-order valence-corrected chi connectivity index (χ4v) is 2.21. The Labute approximate surface area is 116 Å². The number of allylic oxidation sites excluding steroid dienone is 2. The van der Waals surface area contributed by atoms with E-state index in [9.17, 15) is 0 Å². The zero-order valence-corrected chi connectivity index (χ0v) is 11.4. The van der Waals surface area contributed by atoms with Crippen LogP contribution in [0.4, 0.5) is 0 Å². The molecule has 0 N–H and O–H groups in total. The summed E-state index contributed by atoms with van der Waals surface area (Å²) in [5.74, 6) is 0.621. The Kier molecular flexibility index (Phi) is 4.74. The average molecular weight is 248 g/mol. The van der Waals surface area contributed by atoms with Gasteiger partial charge in [0.25, 0.3) is 0 Å². The van der Waals surface area contributed by atoms with Crippen LogP contribution in [-0.4, -0.2) is 0 Å². The first-order valence-corrected chi connectivity index (χ1v) is 6.73. The molecule has 2 aromatic carbocycles. The molecule has 0 aliphatic heterocycles. The van der Waals surface area contributed by atoms with Gasteiger partial charge in [-0.1, -0.05) is 79.7 Å². The van der Waals surface area contributed by atoms with Crippen molar-refractivity contribution in [3.63, 3.8) is 0 Å². The van der Waals surface area contributed by atoms with Crippen molar-refractivity contribution >= 4 is 6.08 Å². The molecule has 0 saturated carbocycles. The molecule has 0 spiro atoms. The topological polar surface area (TPSA) is 0 Å². The van der Waals surface area contributed by atoms with Crippen LogP contribution in [0.3, 0.4) is 0 Å². The van der Waals surface area contributed by atoms with Gasteiger partial charge in [-0.3, -0.25) is 0 Å². The van der Waals surface area contributed by atoms with Gasteiger partial charge in [-0.05, 0) is 29.0 Å². The molecule has 1 aliphatic carbocycles. The maximum absolute atomic E-state index is 3.66. The number of fused-ring (bicyclic) bond motifs is 1. The monoisotopic (exact) mass is 248 g/mol. The van der Waals surface area contributed by atoms with Gasteiger partial charge in [0.2, 0.25) is 0 Å². The van der Waals surface area contributed by atoms with Gasteiger partial charge >= 0.3 is 0 Å². The first kappa shape index (κ1) is 13.4. The summed E-state index contributed by atoms with van der Waals surface area (Å²) in [7, 11) is 0. The SMILES string of the molecule is C=CCc1ccccc1.CC1C=Cc2ccccc21. The fourth-order valence-electron chi connectivity index (χ4n) is 2.21. The van der Waals surface area contributed by atoms with Gasteiger partial charge < -0.3 is 0 Å². The lowest BCUT2D eigenvalue weighted by Gasteiger charge is -2.01. The lowest BCUT2D eigenvalue weighted by Crippen LogP contribution is -1.84. The molecule has 0 bridgehead atoms. The predicted molar refractivity (Wildman–Crippen MR) is 84.2 cm³/mol. The van der Waals surface area contributed by atoms with Crippen LogP contribution in [0.1, 0.15) is 29.5 Å². The van der Waals surface area contributed by atoms with E-state index in [-0.39, 0.29) is 0 Å². The molecule has 2 aromatic rings. The van der Waals surface area contributed by atoms with E-state index < -0.39 is 0 Å². The number of rotatable bonds is 2. The fraction of sp³-hybridized carbons (Fsp3) is 0.158. The molecule has 0 heterocycles. The van der Waals surface area contributed by atoms with E-state index in [1.807, 2.05) is 24.3 Å². The molecule has 96 valence electrons. The Balaban J connectivity index is 0.000000141. The van der Waals surface area contributed by atoms with Crippen molar-refractivity contribution in [2.75, 3.05) is 0 Å². The highest BCUT2D eigenvalue weighted by Gasteiger charge is 2.09. The minimum atomic E-state index is 0.621. The molecule has 1 atom stereocenters. The van der Waals surface area contributed by atoms with Crippen LogP contribution in [0.5, 0.6) is 0 Å². The Hall–Kier alpha value is -2.08. The number of hydrogen-bond acceptors (Lipinski definition) is 0. The highest BCUT2D eigenvalue weighted by atomic mass is 14.1. The Bertz CT molecular complexity index is 549. The Morgan fingerprint density at radius 1 is 1.00 bits per heavy atom. The van der Waals surface area contributed by atoms with E-state index in [0.29, 0.717) is 5.92 Å². The van der Waals surface area contributed by atoms with E-state index in [1.54, 1.807) is 0 Å². The molecule has 0 radical (unpaired) electrons. The van der Waals surface area contributed by atoms with Crippen molar-refractivity contribution in [1.82, 2.24) is 0 Å². The van der Waals surface area contributed by atoms with Crippen LogP contribution in [-0.2, 0) is 6.42 Å². The average Bonchev–Trinajstić information content (AvgIpc) is 2.84. The molecule has 1 unspecified atom stereocenters. The van der Waals surface area contributed by atoms with Crippen molar-refractivity contribution in [1.29, 1.82) is 0 Å². The van der Waals surface area contributed by atoms with Crippen molar-refractivity contribution in [2.24, 2.45) is 0 Å². The van der Waals surface area contributed by atoms with Crippen LogP contribution in [0.2, 0.25) is 0 Å². The van der Waals surface area contributed by atoms with Gasteiger partial charge in [-0.2, -0.15) is 0 Å². The molecule has 0 amide bonds. The highest BCUT2D eigenvalue weighted by molar-refractivity contribution is 5.61. The van der Waals surface area contributed by atoms with Crippen molar-refractivity contribution < 1.29 is 0 Å². The molecule has 0 nitrogen and oxygen atoms in total. The second-order valence-corrected chi connectivity index (χ2v) is 4.76. The smallest absolute Gasteiger partial charge is 0.000118 e. The first-order valence-electron chi connectivity index (χ1n) is 6.73. The summed E-state index contributed by atoms with van der Waals surface area (Å²) >= 11 is 0. The van der Waals surface area contributed by atoms with Gasteiger partial charge in [0, 0.05) is 0 Å². The summed E-state index contributed by atoms with van der Waals surface area (Å²) in [6, 6.07) is 18.8. The molecular weight excluding hydrogens is 228 g/mol. The van der Waals surface area contributed by atoms with Crippen LogP contribution < -0.4 is 0 Å². The quantitative estimate of drug-likeness (QED) is 0.638. The third-order valence-corrected chi connectivity index (χ3v) is 3.27. The van der Waals surface area contributed by atoms with Gasteiger partial charge in [-0.15, -0.1) is 6.58 Å². The van der Waals surface area contributed by atoms with Crippen LogP contribution in [0.25, 0.3) is 6.08 Å². The summed E-state index contributed by atoms with van der Waals surface area (Å²) in [4.78, 5) is 0. The molecule has 0 fully saturated rings. The van der Waals surface area contributed by atoms with Gasteiger partial charge in [-0.25, -0.2) is 0 Å². The molecule has 1 aliphatic rings. The largest absolute Gasteiger partial charge is 0.103 e. The predicted octanol–water partition coefficient (Wildman–Crippen LogP) is 5.23. The second kappa shape index (κ2) is 6.75. The molecule has 0 aromatic heterocycles. The van der Waals surface area contributed by atoms with E-state index in [0.717, 1.165) is 6.42 Å². The number of hydrogen-bond donors (Lipinski definition) is 0. The van der Waals surface area contributed by atoms with Crippen molar-refractivity contribution in [3.8, 4) is 0 Å². The van der Waals surface area contributed by atoms with E-state index in [1.165, 1.54) is 16.7 Å². The lowest BCUT2D eigenvalue weighted by molar-refractivity contribution is 0.990. The van der Waals surface area contributed by atoms with E-state index >= 15 is 0 Å². The van der Waals surface area contributed by atoms with E-state index in [4.69, 9.17) is 0 Å². The maximum Gasteiger partial charge on any atom is -0.000118 e. The van der Waals surface area contributed by atoms with Crippen LogP contribution in [0.15, 0.2) is 73.3 Å². The van der Waals surface area contributed by atoms with E-state index in [2.05, 4.69) is 62.1 Å². The normalized spacial score (nSPS) is 15.3. The summed E-state index contributed by atoms with van der Waals surface area (Å²) in [6.45, 7) is 5.88. The molecule has 0 heteroatoms. The van der Waals surface area contributed by atoms with Gasteiger partial charge in [0.15, 0.2) is 0 Å². The minimum absolute atomic E-state index is 0.621. The van der Waals surface area contributed by atoms with Crippen molar-refractivity contribution in [2.45, 2.75) is 19.3 Å². The maximum atomic E-state index is 3.66. The third-order valence-electron chi connectivity index (χ3n) is 3.27. The van der Waals surface area contributed by atoms with Gasteiger partial charge in [0.1, 0.15) is 0 Å². The van der Waals surface area contributed by atoms with Crippen molar-refractivity contribution in [3.05, 3.63) is 90.0 Å². The summed E-state index contributed by atoms with van der Waals surface area (Å²) in [6.07, 6.45) is 7.32. The summed E-state index contributed by atoms with van der Waals surface area (Å²) < 4.78 is 0. The Morgan fingerprint density at radius 2 is 1.68 bits per heavy atom. The first-order chi connectivity index (χ1) is 9.31. The van der Waals surface area contributed by atoms with Gasteiger partial charge in [0.05, 0.1) is 0 Å². The Morgan fingerprint density at radius 3 is 2.37 bits per heavy atom. The summed E-state index contributed by atoms with van der Waals surface area (Å²) in [5, 5.41) is 0. The lowest BCUT2D eigenvalue weighted by atomic mass is 10.0. The zero-order chi connectivity index (χ0) is 13.5. The molecular formula is C19H20. The third kappa shape index (κ3) is 3.69. The number of benzene rings is 2. The second-order valence-electron chi connectivity index (χ2n) is 4.76. The zero-order valence-electron chi connectivity index (χ0n) is 11.4. The molecule has 3 rings (SSSR count). The minimum Gasteiger partial charge on any atom is -0.103 e. The standard InChI is InChI=1S/C10H10.C9H10/c1-8-6-7-9-4-2-3-5-10(8)9;1-2-6-9-7-4-3-5-8-9/h2-8H,1H3;2-5,7-8H,1,6H2. The van der Waals surface area contributed by atoms with Crippen LogP contribution in [0, 0.1) is 0 Å². The summed E-state index contributed by atoms with van der Waals surface area (Å²) in [5.41, 5.74) is 4.17. The van der Waals surface area contributed by atoms with Crippen LogP contribution >= 0.6 is 0 Å².